The number of benzene rings is 1. The Labute approximate surface area is 136 Å². The lowest BCUT2D eigenvalue weighted by Gasteiger charge is -2.16. The van der Waals surface area contributed by atoms with Crippen LogP contribution in [0.2, 0.25) is 0 Å². The first kappa shape index (κ1) is 16.9. The Morgan fingerprint density at radius 1 is 1.37 bits per heavy atom. The summed E-state index contributed by atoms with van der Waals surface area (Å²) in [5.41, 5.74) is 7.03. The topological polar surface area (TPSA) is 56.8 Å². The number of amidine groups is 1. The average Bonchev–Trinajstić information content (AvgIpc) is 2.37. The standard InChI is InChI=1S/C13H18BrIN2O2/c1-3-18-13(19-4-2)12(16)17-8-9-5-6-10(14)7-11(9)15/h5-7,13H,3-4,8H2,1-2H3,(H2,16,17). The van der Waals surface area contributed by atoms with Gasteiger partial charge in [-0.25, -0.2) is 0 Å². The molecular weight excluding hydrogens is 423 g/mol. The molecular formula is C13H18BrIN2O2. The molecule has 0 saturated carbocycles. The highest BCUT2D eigenvalue weighted by Gasteiger charge is 2.12. The van der Waals surface area contributed by atoms with E-state index in [-0.39, 0.29) is 0 Å². The van der Waals surface area contributed by atoms with Gasteiger partial charge in [-0.1, -0.05) is 22.0 Å². The third kappa shape index (κ3) is 5.76. The molecule has 1 rings (SSSR count). The predicted octanol–water partition coefficient (Wildman–Crippen LogP) is 3.31. The van der Waals surface area contributed by atoms with Crippen LogP contribution in [-0.2, 0) is 16.0 Å². The molecule has 6 heteroatoms. The molecule has 0 unspecified atom stereocenters. The van der Waals surface area contributed by atoms with Crippen LogP contribution in [0.15, 0.2) is 27.7 Å². The third-order valence-electron chi connectivity index (χ3n) is 2.32. The maximum absolute atomic E-state index is 5.91. The highest BCUT2D eigenvalue weighted by atomic mass is 127. The van der Waals surface area contributed by atoms with Crippen molar-refractivity contribution in [1.82, 2.24) is 0 Å². The molecule has 4 nitrogen and oxygen atoms in total. The highest BCUT2D eigenvalue weighted by molar-refractivity contribution is 14.1. The van der Waals surface area contributed by atoms with E-state index in [4.69, 9.17) is 15.2 Å². The van der Waals surface area contributed by atoms with Crippen LogP contribution in [0.5, 0.6) is 0 Å². The third-order valence-corrected chi connectivity index (χ3v) is 3.82. The number of halogens is 2. The molecule has 0 amide bonds. The zero-order valence-electron chi connectivity index (χ0n) is 11.0. The number of ether oxygens (including phenoxy) is 2. The minimum atomic E-state index is -0.553. The molecule has 0 atom stereocenters. The van der Waals surface area contributed by atoms with Gasteiger partial charge < -0.3 is 15.2 Å². The molecule has 0 bridgehead atoms. The Bertz CT molecular complexity index is 435. The number of aliphatic imine (C=N–C) groups is 1. The Morgan fingerprint density at radius 3 is 2.53 bits per heavy atom. The fourth-order valence-electron chi connectivity index (χ4n) is 1.42. The molecule has 1 aromatic rings. The first-order valence-electron chi connectivity index (χ1n) is 6.05. The van der Waals surface area contributed by atoms with E-state index in [0.717, 1.165) is 13.6 Å². The van der Waals surface area contributed by atoms with Crippen molar-refractivity contribution >= 4 is 44.4 Å². The van der Waals surface area contributed by atoms with Gasteiger partial charge in [0.2, 0.25) is 6.29 Å². The summed E-state index contributed by atoms with van der Waals surface area (Å²) in [4.78, 5) is 4.35. The molecule has 2 N–H and O–H groups in total. The van der Waals surface area contributed by atoms with E-state index in [1.54, 1.807) is 0 Å². The van der Waals surface area contributed by atoms with E-state index in [1.165, 1.54) is 0 Å². The Kier molecular flexibility index (Phi) is 7.89. The molecule has 1 aromatic carbocycles. The summed E-state index contributed by atoms with van der Waals surface area (Å²) in [7, 11) is 0. The molecule has 0 saturated heterocycles. The molecule has 19 heavy (non-hydrogen) atoms. The SMILES string of the molecule is CCOC(OCC)C(N)=NCc1ccc(Br)cc1I. The molecule has 0 aromatic heterocycles. The van der Waals surface area contributed by atoms with E-state index >= 15 is 0 Å². The summed E-state index contributed by atoms with van der Waals surface area (Å²) in [6.07, 6.45) is -0.553. The van der Waals surface area contributed by atoms with Crippen LogP contribution in [-0.4, -0.2) is 25.3 Å². The first-order valence-corrected chi connectivity index (χ1v) is 7.92. The van der Waals surface area contributed by atoms with E-state index in [1.807, 2.05) is 32.0 Å². The van der Waals surface area contributed by atoms with E-state index in [2.05, 4.69) is 43.5 Å². The van der Waals surface area contributed by atoms with E-state index in [0.29, 0.717) is 25.6 Å². The number of hydrogen-bond donors (Lipinski definition) is 1. The van der Waals surface area contributed by atoms with Crippen LogP contribution in [0.3, 0.4) is 0 Å². The van der Waals surface area contributed by atoms with Gasteiger partial charge >= 0.3 is 0 Å². The fourth-order valence-corrected chi connectivity index (χ4v) is 2.90. The van der Waals surface area contributed by atoms with Crippen molar-refractivity contribution in [2.24, 2.45) is 10.7 Å². The minimum Gasteiger partial charge on any atom is -0.383 e. The first-order chi connectivity index (χ1) is 9.08. The Hall–Kier alpha value is -0.180. The van der Waals surface area contributed by atoms with Crippen LogP contribution in [0, 0.1) is 3.57 Å². The van der Waals surface area contributed by atoms with Gasteiger partial charge in [0.25, 0.3) is 0 Å². The Morgan fingerprint density at radius 2 is 2.00 bits per heavy atom. The number of rotatable bonds is 7. The van der Waals surface area contributed by atoms with Crippen LogP contribution in [0.1, 0.15) is 19.4 Å². The molecule has 0 aliphatic rings. The van der Waals surface area contributed by atoms with Crippen molar-refractivity contribution in [3.8, 4) is 0 Å². The van der Waals surface area contributed by atoms with Crippen LogP contribution in [0.25, 0.3) is 0 Å². The smallest absolute Gasteiger partial charge is 0.216 e. The monoisotopic (exact) mass is 440 g/mol. The summed E-state index contributed by atoms with van der Waals surface area (Å²) in [6.45, 7) is 5.40. The maximum atomic E-state index is 5.91. The second-order valence-electron chi connectivity index (χ2n) is 3.72. The van der Waals surface area contributed by atoms with Crippen molar-refractivity contribution < 1.29 is 9.47 Å². The molecule has 0 radical (unpaired) electrons. The maximum Gasteiger partial charge on any atom is 0.216 e. The van der Waals surface area contributed by atoms with Crippen LogP contribution >= 0.6 is 38.5 Å². The predicted molar refractivity (Wildman–Crippen MR) is 89.2 cm³/mol. The van der Waals surface area contributed by atoms with Gasteiger partial charge in [0, 0.05) is 21.3 Å². The van der Waals surface area contributed by atoms with Crippen LogP contribution < -0.4 is 5.73 Å². The average molecular weight is 441 g/mol. The summed E-state index contributed by atoms with van der Waals surface area (Å²) in [6, 6.07) is 6.06. The van der Waals surface area contributed by atoms with Gasteiger partial charge in [-0.3, -0.25) is 4.99 Å². The van der Waals surface area contributed by atoms with Crippen molar-refractivity contribution in [1.29, 1.82) is 0 Å². The molecule has 0 spiro atoms. The van der Waals surface area contributed by atoms with Gasteiger partial charge in [-0.2, -0.15) is 0 Å². The molecule has 0 fully saturated rings. The van der Waals surface area contributed by atoms with Gasteiger partial charge in [0.1, 0.15) is 0 Å². The van der Waals surface area contributed by atoms with E-state index < -0.39 is 6.29 Å². The van der Waals surface area contributed by atoms with Gasteiger partial charge in [0.15, 0.2) is 5.84 Å². The number of nitrogens with zero attached hydrogens (tertiary/aromatic N) is 1. The lowest BCUT2D eigenvalue weighted by atomic mass is 10.2. The largest absolute Gasteiger partial charge is 0.383 e. The quantitative estimate of drug-likeness (QED) is 0.306. The summed E-state index contributed by atoms with van der Waals surface area (Å²) < 4.78 is 13.0. The lowest BCUT2D eigenvalue weighted by Crippen LogP contribution is -2.34. The zero-order valence-corrected chi connectivity index (χ0v) is 14.8. The molecule has 0 aliphatic carbocycles. The highest BCUT2D eigenvalue weighted by Crippen LogP contribution is 2.19. The van der Waals surface area contributed by atoms with Crippen molar-refractivity contribution in [2.75, 3.05) is 13.2 Å². The minimum absolute atomic E-state index is 0.377. The van der Waals surface area contributed by atoms with Crippen molar-refractivity contribution in [3.05, 3.63) is 31.8 Å². The molecule has 0 aliphatic heterocycles. The van der Waals surface area contributed by atoms with E-state index in [9.17, 15) is 0 Å². The summed E-state index contributed by atoms with van der Waals surface area (Å²) in [5, 5.41) is 0. The van der Waals surface area contributed by atoms with Gasteiger partial charge in [-0.15, -0.1) is 0 Å². The van der Waals surface area contributed by atoms with Crippen LogP contribution in [0.4, 0.5) is 0 Å². The summed E-state index contributed by atoms with van der Waals surface area (Å²) >= 11 is 5.72. The normalized spacial score (nSPS) is 12.2. The van der Waals surface area contributed by atoms with Gasteiger partial charge in [0.05, 0.1) is 6.54 Å². The van der Waals surface area contributed by atoms with Crippen molar-refractivity contribution in [2.45, 2.75) is 26.7 Å². The number of hydrogen-bond acceptors (Lipinski definition) is 3. The fraction of sp³-hybridized carbons (Fsp3) is 0.462. The number of nitrogens with two attached hydrogens (primary N) is 1. The molecule has 106 valence electrons. The van der Waals surface area contributed by atoms with Crippen molar-refractivity contribution in [3.63, 3.8) is 0 Å². The Balaban J connectivity index is 2.72. The van der Waals surface area contributed by atoms with Gasteiger partial charge in [-0.05, 0) is 54.1 Å². The second-order valence-corrected chi connectivity index (χ2v) is 5.80. The zero-order chi connectivity index (χ0) is 14.3. The lowest BCUT2D eigenvalue weighted by molar-refractivity contribution is -0.0907. The summed E-state index contributed by atoms with van der Waals surface area (Å²) in [5.74, 6) is 0.377. The molecule has 0 heterocycles. The second kappa shape index (κ2) is 8.89.